The summed E-state index contributed by atoms with van der Waals surface area (Å²) in [6, 6.07) is 12.4. The highest BCUT2D eigenvalue weighted by molar-refractivity contribution is 9.10. The number of carbonyl (C=O) groups excluding carboxylic acids is 1. The summed E-state index contributed by atoms with van der Waals surface area (Å²) < 4.78 is 26.0. The molecule has 2 aromatic carbocycles. The number of hydrogen-bond acceptors (Lipinski definition) is 3. The zero-order valence-electron chi connectivity index (χ0n) is 13.8. The zero-order valence-corrected chi connectivity index (χ0v) is 17.0. The lowest BCUT2D eigenvalue weighted by Crippen LogP contribution is -2.36. The van der Waals surface area contributed by atoms with Crippen LogP contribution < -0.4 is 5.32 Å². The number of sulfonamides is 1. The van der Waals surface area contributed by atoms with Crippen molar-refractivity contribution in [2.24, 2.45) is 0 Å². The highest BCUT2D eigenvalue weighted by Gasteiger charge is 2.20. The third-order valence-corrected chi connectivity index (χ3v) is 5.65. The van der Waals surface area contributed by atoms with E-state index in [2.05, 4.69) is 21.2 Å². The van der Waals surface area contributed by atoms with E-state index in [1.807, 2.05) is 19.1 Å². The molecule has 0 radical (unpaired) electrons. The van der Waals surface area contributed by atoms with Gasteiger partial charge < -0.3 is 5.32 Å². The van der Waals surface area contributed by atoms with Gasteiger partial charge in [-0.2, -0.15) is 4.31 Å². The molecule has 2 aromatic rings. The van der Waals surface area contributed by atoms with Crippen molar-refractivity contribution in [3.63, 3.8) is 0 Å². The molecular formula is C17H18BrClN2O3S. The van der Waals surface area contributed by atoms with Gasteiger partial charge in [-0.1, -0.05) is 45.7 Å². The molecule has 25 heavy (non-hydrogen) atoms. The fraction of sp³-hybridized carbons (Fsp3) is 0.235. The maximum atomic E-state index is 12.2. The Morgan fingerprint density at radius 2 is 1.84 bits per heavy atom. The maximum absolute atomic E-state index is 12.2. The van der Waals surface area contributed by atoms with Crippen molar-refractivity contribution in [2.45, 2.75) is 13.5 Å². The van der Waals surface area contributed by atoms with Crippen LogP contribution in [0.2, 0.25) is 5.02 Å². The van der Waals surface area contributed by atoms with Gasteiger partial charge in [0.25, 0.3) is 0 Å². The second kappa shape index (κ2) is 8.31. The lowest BCUT2D eigenvalue weighted by Gasteiger charge is -2.19. The highest BCUT2D eigenvalue weighted by atomic mass is 79.9. The van der Waals surface area contributed by atoms with E-state index in [1.54, 1.807) is 30.3 Å². The lowest BCUT2D eigenvalue weighted by molar-refractivity contribution is -0.116. The fourth-order valence-corrected chi connectivity index (χ4v) is 3.30. The fourth-order valence-electron chi connectivity index (χ4n) is 2.12. The molecular weight excluding hydrogens is 428 g/mol. The van der Waals surface area contributed by atoms with E-state index < -0.39 is 15.9 Å². The minimum atomic E-state index is -3.54. The van der Waals surface area contributed by atoms with Crippen molar-refractivity contribution in [3.8, 4) is 0 Å². The van der Waals surface area contributed by atoms with Crippen LogP contribution in [0.25, 0.3) is 0 Å². The summed E-state index contributed by atoms with van der Waals surface area (Å²) in [6.07, 6.45) is 1.09. The molecule has 0 fully saturated rings. The van der Waals surface area contributed by atoms with Crippen molar-refractivity contribution in [1.29, 1.82) is 0 Å². The molecule has 0 saturated carbocycles. The molecule has 0 heterocycles. The number of amides is 1. The molecule has 0 spiro atoms. The number of aryl methyl sites for hydroxylation is 1. The molecule has 0 aliphatic carbocycles. The van der Waals surface area contributed by atoms with E-state index in [9.17, 15) is 13.2 Å². The van der Waals surface area contributed by atoms with Crippen LogP contribution in [0.3, 0.4) is 0 Å². The van der Waals surface area contributed by atoms with Gasteiger partial charge in [0.1, 0.15) is 0 Å². The summed E-state index contributed by atoms with van der Waals surface area (Å²) in [4.78, 5) is 12.2. The first-order valence-corrected chi connectivity index (χ1v) is 10.4. The quantitative estimate of drug-likeness (QED) is 0.735. The molecule has 0 bridgehead atoms. The second-order valence-electron chi connectivity index (χ2n) is 5.67. The Kier molecular flexibility index (Phi) is 6.62. The smallest absolute Gasteiger partial charge is 0.239 e. The van der Waals surface area contributed by atoms with Gasteiger partial charge in [0.15, 0.2) is 0 Å². The SMILES string of the molecule is Cc1ccc(NC(=O)CN(Cc2ccc(Br)cc2)S(C)(=O)=O)cc1Cl. The van der Waals surface area contributed by atoms with E-state index >= 15 is 0 Å². The summed E-state index contributed by atoms with van der Waals surface area (Å²) in [5.41, 5.74) is 2.21. The van der Waals surface area contributed by atoms with Crippen molar-refractivity contribution in [3.05, 3.63) is 63.1 Å². The van der Waals surface area contributed by atoms with Crippen LogP contribution >= 0.6 is 27.5 Å². The minimum absolute atomic E-state index is 0.119. The van der Waals surface area contributed by atoms with Crippen molar-refractivity contribution in [2.75, 3.05) is 18.1 Å². The zero-order chi connectivity index (χ0) is 18.6. The largest absolute Gasteiger partial charge is 0.325 e. The van der Waals surface area contributed by atoms with E-state index in [1.165, 1.54) is 0 Å². The molecule has 0 aliphatic heterocycles. The van der Waals surface area contributed by atoms with Gasteiger partial charge in [-0.05, 0) is 42.3 Å². The Bertz CT molecular complexity index is 870. The van der Waals surface area contributed by atoms with Crippen molar-refractivity contribution in [1.82, 2.24) is 4.31 Å². The normalized spacial score (nSPS) is 11.6. The molecule has 5 nitrogen and oxygen atoms in total. The van der Waals surface area contributed by atoms with Crippen LogP contribution in [0.15, 0.2) is 46.9 Å². The number of anilines is 1. The van der Waals surface area contributed by atoms with Gasteiger partial charge in [0.05, 0.1) is 12.8 Å². The number of carbonyl (C=O) groups is 1. The standard InChI is InChI=1S/C17H18BrClN2O3S/c1-12-3-8-15(9-16(12)19)20-17(22)11-21(25(2,23)24)10-13-4-6-14(18)7-5-13/h3-9H,10-11H2,1-2H3,(H,20,22). The summed E-state index contributed by atoms with van der Waals surface area (Å²) in [5, 5.41) is 3.21. The molecule has 1 N–H and O–H groups in total. The summed E-state index contributed by atoms with van der Waals surface area (Å²) >= 11 is 9.37. The first-order valence-electron chi connectivity index (χ1n) is 7.41. The second-order valence-corrected chi connectivity index (χ2v) is 8.97. The van der Waals surface area contributed by atoms with E-state index in [-0.39, 0.29) is 13.1 Å². The van der Waals surface area contributed by atoms with Gasteiger partial charge in [0.2, 0.25) is 15.9 Å². The average Bonchev–Trinajstić information content (AvgIpc) is 2.51. The molecule has 134 valence electrons. The molecule has 1 amide bonds. The molecule has 0 aromatic heterocycles. The van der Waals surface area contributed by atoms with Crippen molar-refractivity contribution < 1.29 is 13.2 Å². The molecule has 8 heteroatoms. The number of nitrogens with one attached hydrogen (secondary N) is 1. The Morgan fingerprint density at radius 1 is 1.20 bits per heavy atom. The number of benzene rings is 2. The molecule has 0 atom stereocenters. The number of nitrogens with zero attached hydrogens (tertiary/aromatic N) is 1. The minimum Gasteiger partial charge on any atom is -0.325 e. The predicted octanol–water partition coefficient (Wildman–Crippen LogP) is 3.81. The first kappa shape index (κ1) is 19.9. The van der Waals surface area contributed by atoms with Crippen molar-refractivity contribution >= 4 is 49.1 Å². The average molecular weight is 446 g/mol. The molecule has 0 saturated heterocycles. The van der Waals surface area contributed by atoms with E-state index in [0.29, 0.717) is 10.7 Å². The Labute approximate surface area is 161 Å². The Hall–Kier alpha value is -1.41. The van der Waals surface area contributed by atoms with Crippen LogP contribution in [0, 0.1) is 6.92 Å². The van der Waals surface area contributed by atoms with Crippen LogP contribution in [0.5, 0.6) is 0 Å². The molecule has 2 rings (SSSR count). The third-order valence-electron chi connectivity index (χ3n) is 3.52. The number of hydrogen-bond donors (Lipinski definition) is 1. The van der Waals surface area contributed by atoms with Gasteiger partial charge in [0, 0.05) is 21.7 Å². The maximum Gasteiger partial charge on any atom is 0.239 e. The predicted molar refractivity (Wildman–Crippen MR) is 104 cm³/mol. The Balaban J connectivity index is 2.09. The Morgan fingerprint density at radius 3 is 2.40 bits per heavy atom. The van der Waals surface area contributed by atoms with Crippen LogP contribution in [0.4, 0.5) is 5.69 Å². The molecule has 0 unspecified atom stereocenters. The molecule has 0 aliphatic rings. The summed E-state index contributed by atoms with van der Waals surface area (Å²) in [6.45, 7) is 1.70. The van der Waals surface area contributed by atoms with Gasteiger partial charge in [-0.25, -0.2) is 8.42 Å². The van der Waals surface area contributed by atoms with Gasteiger partial charge >= 0.3 is 0 Å². The van der Waals surface area contributed by atoms with Gasteiger partial charge in [-0.3, -0.25) is 4.79 Å². The topological polar surface area (TPSA) is 66.5 Å². The lowest BCUT2D eigenvalue weighted by atomic mass is 10.2. The summed E-state index contributed by atoms with van der Waals surface area (Å²) in [7, 11) is -3.54. The van der Waals surface area contributed by atoms with Crippen LogP contribution in [-0.2, 0) is 21.4 Å². The monoisotopic (exact) mass is 444 g/mol. The highest BCUT2D eigenvalue weighted by Crippen LogP contribution is 2.20. The number of halogens is 2. The van der Waals surface area contributed by atoms with Gasteiger partial charge in [-0.15, -0.1) is 0 Å². The summed E-state index contributed by atoms with van der Waals surface area (Å²) in [5.74, 6) is -0.428. The first-order chi connectivity index (χ1) is 11.6. The van der Waals surface area contributed by atoms with Crippen LogP contribution in [-0.4, -0.2) is 31.4 Å². The number of rotatable bonds is 6. The third kappa shape index (κ3) is 6.11. The van der Waals surface area contributed by atoms with Crippen LogP contribution in [0.1, 0.15) is 11.1 Å². The van der Waals surface area contributed by atoms with E-state index in [4.69, 9.17) is 11.6 Å². The van der Waals surface area contributed by atoms with E-state index in [0.717, 1.165) is 26.2 Å².